The van der Waals surface area contributed by atoms with E-state index in [2.05, 4.69) is 0 Å². The molecule has 34 heavy (non-hydrogen) atoms. The number of halogens is 1. The SMILES string of the molecule is Cc1ccc([N+](=O)[O-])cc1S(=O)(=O)N1CCN(C(=O)C2(c3ccc(F)cc3)CCOCC2)CC1. The number of nitro groups is 1. The summed E-state index contributed by atoms with van der Waals surface area (Å²) in [6, 6.07) is 9.70. The fraction of sp³-hybridized carbons (Fsp3) is 0.435. The number of nitrogens with zero attached hydrogens (tertiary/aromatic N) is 3. The van der Waals surface area contributed by atoms with Gasteiger partial charge in [0.1, 0.15) is 5.82 Å². The summed E-state index contributed by atoms with van der Waals surface area (Å²) in [6.45, 7) is 2.94. The van der Waals surface area contributed by atoms with Gasteiger partial charge in [-0.2, -0.15) is 4.31 Å². The maximum absolute atomic E-state index is 13.7. The summed E-state index contributed by atoms with van der Waals surface area (Å²) in [5.41, 5.74) is 0.00803. The zero-order valence-corrected chi connectivity index (χ0v) is 19.6. The molecule has 2 aromatic rings. The van der Waals surface area contributed by atoms with Crippen molar-refractivity contribution >= 4 is 21.6 Å². The third kappa shape index (κ3) is 4.42. The van der Waals surface area contributed by atoms with Gasteiger partial charge in [0.2, 0.25) is 15.9 Å². The lowest BCUT2D eigenvalue weighted by molar-refractivity contribution is -0.385. The van der Waals surface area contributed by atoms with Crippen molar-refractivity contribution in [1.82, 2.24) is 9.21 Å². The molecule has 2 aliphatic rings. The number of hydrogen-bond donors (Lipinski definition) is 0. The van der Waals surface area contributed by atoms with Crippen LogP contribution in [0.3, 0.4) is 0 Å². The number of rotatable bonds is 5. The number of hydrogen-bond acceptors (Lipinski definition) is 6. The van der Waals surface area contributed by atoms with Crippen LogP contribution in [-0.2, 0) is 25.0 Å². The summed E-state index contributed by atoms with van der Waals surface area (Å²) >= 11 is 0. The van der Waals surface area contributed by atoms with Crippen molar-refractivity contribution in [2.75, 3.05) is 39.4 Å². The first-order chi connectivity index (χ1) is 16.1. The second kappa shape index (κ2) is 9.40. The normalized spacial score (nSPS) is 19.1. The highest BCUT2D eigenvalue weighted by Gasteiger charge is 2.45. The van der Waals surface area contributed by atoms with E-state index >= 15 is 0 Å². The molecule has 4 rings (SSSR count). The molecule has 0 aliphatic carbocycles. The fourth-order valence-electron chi connectivity index (χ4n) is 4.67. The highest BCUT2D eigenvalue weighted by Crippen LogP contribution is 2.37. The first-order valence-corrected chi connectivity index (χ1v) is 12.5. The summed E-state index contributed by atoms with van der Waals surface area (Å²) in [6.07, 6.45) is 0.922. The molecule has 2 aromatic carbocycles. The molecular weight excluding hydrogens is 465 g/mol. The molecule has 2 heterocycles. The van der Waals surface area contributed by atoms with Gasteiger partial charge in [-0.15, -0.1) is 0 Å². The Bertz CT molecular complexity index is 1190. The largest absolute Gasteiger partial charge is 0.381 e. The van der Waals surface area contributed by atoms with E-state index in [0.717, 1.165) is 11.6 Å². The van der Waals surface area contributed by atoms with Gasteiger partial charge in [0.25, 0.3) is 5.69 Å². The van der Waals surface area contributed by atoms with Crippen molar-refractivity contribution in [3.8, 4) is 0 Å². The predicted octanol–water partition coefficient (Wildman–Crippen LogP) is 2.62. The zero-order valence-electron chi connectivity index (χ0n) is 18.8. The minimum absolute atomic E-state index is 0.0756. The van der Waals surface area contributed by atoms with E-state index in [1.807, 2.05) is 0 Å². The summed E-state index contributed by atoms with van der Waals surface area (Å²) in [4.78, 5) is 25.7. The number of benzene rings is 2. The van der Waals surface area contributed by atoms with E-state index in [4.69, 9.17) is 4.74 Å². The topological polar surface area (TPSA) is 110 Å². The van der Waals surface area contributed by atoms with E-state index in [1.165, 1.54) is 28.6 Å². The first kappa shape index (κ1) is 24.2. The molecule has 0 spiro atoms. The van der Waals surface area contributed by atoms with Gasteiger partial charge in [-0.3, -0.25) is 14.9 Å². The molecule has 2 saturated heterocycles. The number of carbonyl (C=O) groups excluding carboxylic acids is 1. The van der Waals surface area contributed by atoms with Crippen LogP contribution in [0.5, 0.6) is 0 Å². The molecule has 1 amide bonds. The lowest BCUT2D eigenvalue weighted by Gasteiger charge is -2.42. The highest BCUT2D eigenvalue weighted by molar-refractivity contribution is 7.89. The number of amides is 1. The number of ether oxygens (including phenoxy) is 1. The van der Waals surface area contributed by atoms with Gasteiger partial charge in [-0.1, -0.05) is 18.2 Å². The van der Waals surface area contributed by atoms with E-state index in [9.17, 15) is 27.7 Å². The molecule has 0 aromatic heterocycles. The molecular formula is C23H26FN3O6S. The molecule has 2 fully saturated rings. The van der Waals surface area contributed by atoms with Gasteiger partial charge >= 0.3 is 0 Å². The lowest BCUT2D eigenvalue weighted by atomic mass is 9.73. The van der Waals surface area contributed by atoms with Crippen LogP contribution >= 0.6 is 0 Å². The second-order valence-corrected chi connectivity index (χ2v) is 10.5. The molecule has 0 unspecified atom stereocenters. The van der Waals surface area contributed by atoms with E-state index in [-0.39, 0.29) is 48.5 Å². The molecule has 0 saturated carbocycles. The van der Waals surface area contributed by atoms with Crippen molar-refractivity contribution in [2.24, 2.45) is 0 Å². The molecule has 11 heteroatoms. The fourth-order valence-corrected chi connectivity index (χ4v) is 6.34. The Kier molecular flexibility index (Phi) is 6.70. The number of sulfonamides is 1. The average Bonchev–Trinajstić information content (AvgIpc) is 2.84. The molecule has 0 bridgehead atoms. The average molecular weight is 492 g/mol. The van der Waals surface area contributed by atoms with Crippen LogP contribution in [0.1, 0.15) is 24.0 Å². The Morgan fingerprint density at radius 1 is 1.06 bits per heavy atom. The minimum atomic E-state index is -3.97. The van der Waals surface area contributed by atoms with E-state index in [0.29, 0.717) is 31.6 Å². The Morgan fingerprint density at radius 2 is 1.68 bits per heavy atom. The third-order valence-electron chi connectivity index (χ3n) is 6.68. The smallest absolute Gasteiger partial charge is 0.270 e. The predicted molar refractivity (Wildman–Crippen MR) is 121 cm³/mol. The number of nitro benzene ring substituents is 1. The van der Waals surface area contributed by atoms with Crippen LogP contribution in [-0.4, -0.2) is 67.8 Å². The van der Waals surface area contributed by atoms with Crippen LogP contribution in [0.4, 0.5) is 10.1 Å². The maximum Gasteiger partial charge on any atom is 0.270 e. The lowest BCUT2D eigenvalue weighted by Crippen LogP contribution is -2.56. The molecule has 2 aliphatic heterocycles. The van der Waals surface area contributed by atoms with Crippen molar-refractivity contribution in [2.45, 2.75) is 30.1 Å². The van der Waals surface area contributed by atoms with Crippen LogP contribution < -0.4 is 0 Å². The second-order valence-electron chi connectivity index (χ2n) is 8.60. The summed E-state index contributed by atoms with van der Waals surface area (Å²) in [7, 11) is -3.97. The Labute approximate surface area is 197 Å². The van der Waals surface area contributed by atoms with Gasteiger partial charge < -0.3 is 9.64 Å². The summed E-state index contributed by atoms with van der Waals surface area (Å²) in [5.74, 6) is -0.500. The van der Waals surface area contributed by atoms with Crippen molar-refractivity contribution < 1.29 is 27.3 Å². The van der Waals surface area contributed by atoms with Crippen LogP contribution in [0.25, 0.3) is 0 Å². The standard InChI is InChI=1S/C23H26FN3O6S/c1-17-2-7-20(27(29)30)16-21(17)34(31,32)26-12-10-25(11-13-26)22(28)23(8-14-33-15-9-23)18-3-5-19(24)6-4-18/h2-7,16H,8-15H2,1H3. The first-order valence-electron chi connectivity index (χ1n) is 11.0. The van der Waals surface area contributed by atoms with E-state index in [1.54, 1.807) is 24.0 Å². The molecule has 0 atom stereocenters. The van der Waals surface area contributed by atoms with Gasteiger partial charge in [-0.05, 0) is 43.0 Å². The maximum atomic E-state index is 13.7. The van der Waals surface area contributed by atoms with Gasteiger partial charge in [-0.25, -0.2) is 12.8 Å². The molecule has 182 valence electrons. The number of piperazine rings is 1. The molecule has 9 nitrogen and oxygen atoms in total. The van der Waals surface area contributed by atoms with Gasteiger partial charge in [0.05, 0.1) is 15.2 Å². The van der Waals surface area contributed by atoms with Crippen molar-refractivity contribution in [3.63, 3.8) is 0 Å². The number of carbonyl (C=O) groups is 1. The summed E-state index contributed by atoms with van der Waals surface area (Å²) in [5, 5.41) is 11.1. The number of aryl methyl sites for hydroxylation is 1. The third-order valence-corrected chi connectivity index (χ3v) is 8.72. The van der Waals surface area contributed by atoms with Crippen LogP contribution in [0.2, 0.25) is 0 Å². The van der Waals surface area contributed by atoms with Crippen molar-refractivity contribution in [1.29, 1.82) is 0 Å². The zero-order chi connectivity index (χ0) is 24.5. The Balaban J connectivity index is 1.54. The quantitative estimate of drug-likeness (QED) is 0.470. The van der Waals surface area contributed by atoms with Gasteiger partial charge in [0.15, 0.2) is 0 Å². The highest BCUT2D eigenvalue weighted by atomic mass is 32.2. The summed E-state index contributed by atoms with van der Waals surface area (Å²) < 4.78 is 46.7. The Hall–Kier alpha value is -2.89. The molecule has 0 N–H and O–H groups in total. The minimum Gasteiger partial charge on any atom is -0.381 e. The van der Waals surface area contributed by atoms with Crippen LogP contribution in [0, 0.1) is 22.9 Å². The molecule has 0 radical (unpaired) electrons. The number of non-ortho nitro benzene ring substituents is 1. The monoisotopic (exact) mass is 491 g/mol. The van der Waals surface area contributed by atoms with E-state index < -0.39 is 20.4 Å². The van der Waals surface area contributed by atoms with Gasteiger partial charge in [0, 0.05) is 51.5 Å². The van der Waals surface area contributed by atoms with Crippen LogP contribution in [0.15, 0.2) is 47.4 Å². The Morgan fingerprint density at radius 3 is 2.26 bits per heavy atom. The van der Waals surface area contributed by atoms with Crippen molar-refractivity contribution in [3.05, 3.63) is 69.5 Å².